The molecule has 0 atom stereocenters. The first-order valence-electron chi connectivity index (χ1n) is 5.90. The van der Waals surface area contributed by atoms with E-state index < -0.39 is 0 Å². The van der Waals surface area contributed by atoms with E-state index in [1.165, 1.54) is 0 Å². The van der Waals surface area contributed by atoms with Crippen LogP contribution in [0.15, 0.2) is 30.5 Å². The van der Waals surface area contributed by atoms with Crippen LogP contribution >= 0.6 is 0 Å². The zero-order valence-electron chi connectivity index (χ0n) is 10.9. The number of nitrogens with one attached hydrogen (secondary N) is 1. The molecule has 4 nitrogen and oxygen atoms in total. The molecule has 1 heterocycles. The number of aromatic nitrogens is 2. The molecular weight excluding hydrogens is 226 g/mol. The molecule has 2 aromatic rings. The number of carbonyl (C=O) groups is 1. The zero-order valence-corrected chi connectivity index (χ0v) is 10.9. The van der Waals surface area contributed by atoms with Crippen molar-refractivity contribution in [3.63, 3.8) is 0 Å². The Balaban J connectivity index is 2.05. The summed E-state index contributed by atoms with van der Waals surface area (Å²) < 4.78 is 1.72. The summed E-state index contributed by atoms with van der Waals surface area (Å²) in [5, 5.41) is 7.10. The van der Waals surface area contributed by atoms with E-state index in [1.54, 1.807) is 4.68 Å². The maximum atomic E-state index is 12.1. The van der Waals surface area contributed by atoms with Crippen molar-refractivity contribution in [1.29, 1.82) is 0 Å². The second-order valence-electron chi connectivity index (χ2n) is 4.48. The van der Waals surface area contributed by atoms with Gasteiger partial charge in [0.2, 0.25) is 0 Å². The van der Waals surface area contributed by atoms with Gasteiger partial charge < -0.3 is 5.32 Å². The lowest BCUT2D eigenvalue weighted by Gasteiger charge is -2.07. The highest BCUT2D eigenvalue weighted by Crippen LogP contribution is 2.10. The number of hydrogen-bond acceptors (Lipinski definition) is 2. The lowest BCUT2D eigenvalue weighted by atomic mass is 10.1. The van der Waals surface area contributed by atoms with Crippen LogP contribution in [0.4, 0.5) is 0 Å². The molecule has 0 fully saturated rings. The lowest BCUT2D eigenvalue weighted by Crippen LogP contribution is -2.24. The summed E-state index contributed by atoms with van der Waals surface area (Å²) in [5.74, 6) is -0.0538. The van der Waals surface area contributed by atoms with Crippen molar-refractivity contribution in [2.24, 2.45) is 7.05 Å². The monoisotopic (exact) mass is 243 g/mol. The smallest absolute Gasteiger partial charge is 0.251 e. The third-order valence-corrected chi connectivity index (χ3v) is 2.84. The first kappa shape index (κ1) is 12.4. The Morgan fingerprint density at radius 1 is 1.33 bits per heavy atom. The van der Waals surface area contributed by atoms with Crippen molar-refractivity contribution in [2.75, 3.05) is 0 Å². The van der Waals surface area contributed by atoms with Crippen LogP contribution in [0, 0.1) is 13.8 Å². The molecular formula is C14H17N3O. The zero-order chi connectivity index (χ0) is 13.1. The van der Waals surface area contributed by atoms with Gasteiger partial charge in [-0.2, -0.15) is 5.10 Å². The molecule has 4 heteroatoms. The first-order chi connectivity index (χ1) is 8.56. The second-order valence-corrected chi connectivity index (χ2v) is 4.48. The fourth-order valence-electron chi connectivity index (χ4n) is 1.80. The molecule has 0 radical (unpaired) electrons. The number of amides is 1. The molecule has 1 aromatic carbocycles. The number of rotatable bonds is 3. The Morgan fingerprint density at radius 2 is 2.11 bits per heavy atom. The molecule has 0 unspecified atom stereocenters. The van der Waals surface area contributed by atoms with Crippen molar-refractivity contribution in [1.82, 2.24) is 15.1 Å². The predicted octanol–water partition coefficient (Wildman–Crippen LogP) is 1.97. The summed E-state index contributed by atoms with van der Waals surface area (Å²) in [6, 6.07) is 7.77. The highest BCUT2D eigenvalue weighted by molar-refractivity contribution is 5.95. The van der Waals surface area contributed by atoms with Gasteiger partial charge in [-0.15, -0.1) is 0 Å². The SMILES string of the molecule is Cc1ccc(C)c(C(=O)NCc2ccn(C)n2)c1. The van der Waals surface area contributed by atoms with Crippen LogP contribution in [0.2, 0.25) is 0 Å². The molecule has 1 N–H and O–H groups in total. The third kappa shape index (κ3) is 2.77. The molecule has 0 spiro atoms. The maximum Gasteiger partial charge on any atom is 0.251 e. The van der Waals surface area contributed by atoms with Crippen LogP contribution in [-0.4, -0.2) is 15.7 Å². The quantitative estimate of drug-likeness (QED) is 0.895. The van der Waals surface area contributed by atoms with E-state index in [0.29, 0.717) is 6.54 Å². The Bertz CT molecular complexity index is 572. The third-order valence-electron chi connectivity index (χ3n) is 2.84. The van der Waals surface area contributed by atoms with Crippen LogP contribution in [0.5, 0.6) is 0 Å². The number of hydrogen-bond donors (Lipinski definition) is 1. The molecule has 94 valence electrons. The summed E-state index contributed by atoms with van der Waals surface area (Å²) in [4.78, 5) is 12.1. The topological polar surface area (TPSA) is 46.9 Å². The van der Waals surface area contributed by atoms with Gasteiger partial charge in [-0.05, 0) is 31.5 Å². The molecule has 0 aliphatic carbocycles. The van der Waals surface area contributed by atoms with E-state index in [1.807, 2.05) is 51.4 Å². The highest BCUT2D eigenvalue weighted by atomic mass is 16.1. The number of aryl methyl sites for hydroxylation is 3. The fraction of sp³-hybridized carbons (Fsp3) is 0.286. The van der Waals surface area contributed by atoms with E-state index in [9.17, 15) is 4.79 Å². The molecule has 2 rings (SSSR count). The van der Waals surface area contributed by atoms with Crippen molar-refractivity contribution < 1.29 is 4.79 Å². The second kappa shape index (κ2) is 5.04. The molecule has 0 saturated carbocycles. The standard InChI is InChI=1S/C14H17N3O/c1-10-4-5-11(2)13(8-10)14(18)15-9-12-6-7-17(3)16-12/h4-8H,9H2,1-3H3,(H,15,18). The fourth-order valence-corrected chi connectivity index (χ4v) is 1.80. The summed E-state index contributed by atoms with van der Waals surface area (Å²) in [5.41, 5.74) is 3.66. The Labute approximate surface area is 107 Å². The number of carbonyl (C=O) groups excluding carboxylic acids is 1. The molecule has 1 aromatic heterocycles. The molecule has 0 saturated heterocycles. The van der Waals surface area contributed by atoms with E-state index in [2.05, 4.69) is 10.4 Å². The normalized spacial score (nSPS) is 10.4. The van der Waals surface area contributed by atoms with Crippen molar-refractivity contribution in [3.05, 3.63) is 52.8 Å². The van der Waals surface area contributed by atoms with Gasteiger partial charge in [0.25, 0.3) is 5.91 Å². The van der Waals surface area contributed by atoms with Gasteiger partial charge >= 0.3 is 0 Å². The minimum Gasteiger partial charge on any atom is -0.346 e. The van der Waals surface area contributed by atoms with Crippen LogP contribution in [0.25, 0.3) is 0 Å². The van der Waals surface area contributed by atoms with Crippen molar-refractivity contribution in [3.8, 4) is 0 Å². The van der Waals surface area contributed by atoms with Gasteiger partial charge in [0.15, 0.2) is 0 Å². The van der Waals surface area contributed by atoms with Gasteiger partial charge in [-0.3, -0.25) is 9.48 Å². The Kier molecular flexibility index (Phi) is 3.46. The minimum atomic E-state index is -0.0538. The van der Waals surface area contributed by atoms with Gasteiger partial charge in [-0.1, -0.05) is 17.7 Å². The summed E-state index contributed by atoms with van der Waals surface area (Å²) >= 11 is 0. The van der Waals surface area contributed by atoms with Gasteiger partial charge in [0, 0.05) is 18.8 Å². The summed E-state index contributed by atoms with van der Waals surface area (Å²) in [7, 11) is 1.86. The van der Waals surface area contributed by atoms with Gasteiger partial charge in [0.1, 0.15) is 0 Å². The molecule has 0 aliphatic heterocycles. The predicted molar refractivity (Wildman–Crippen MR) is 70.3 cm³/mol. The largest absolute Gasteiger partial charge is 0.346 e. The molecule has 18 heavy (non-hydrogen) atoms. The van der Waals surface area contributed by atoms with Crippen LogP contribution < -0.4 is 5.32 Å². The lowest BCUT2D eigenvalue weighted by molar-refractivity contribution is 0.0949. The number of nitrogens with zero attached hydrogens (tertiary/aromatic N) is 2. The van der Waals surface area contributed by atoms with E-state index in [0.717, 1.165) is 22.4 Å². The minimum absolute atomic E-state index is 0.0538. The van der Waals surface area contributed by atoms with E-state index in [-0.39, 0.29) is 5.91 Å². The highest BCUT2D eigenvalue weighted by Gasteiger charge is 2.09. The van der Waals surface area contributed by atoms with Crippen LogP contribution in [0.1, 0.15) is 27.2 Å². The van der Waals surface area contributed by atoms with Crippen molar-refractivity contribution in [2.45, 2.75) is 20.4 Å². The average molecular weight is 243 g/mol. The molecule has 0 aliphatic rings. The number of benzene rings is 1. The Morgan fingerprint density at radius 3 is 2.78 bits per heavy atom. The molecule has 1 amide bonds. The Hall–Kier alpha value is -2.10. The van der Waals surface area contributed by atoms with Gasteiger partial charge in [0.05, 0.1) is 12.2 Å². The summed E-state index contributed by atoms with van der Waals surface area (Å²) in [6.45, 7) is 4.37. The molecule has 0 bridgehead atoms. The first-order valence-corrected chi connectivity index (χ1v) is 5.90. The van der Waals surface area contributed by atoms with E-state index in [4.69, 9.17) is 0 Å². The average Bonchev–Trinajstić information content (AvgIpc) is 2.75. The van der Waals surface area contributed by atoms with Crippen molar-refractivity contribution >= 4 is 5.91 Å². The van der Waals surface area contributed by atoms with E-state index >= 15 is 0 Å². The summed E-state index contributed by atoms with van der Waals surface area (Å²) in [6.07, 6.45) is 1.86. The van der Waals surface area contributed by atoms with Gasteiger partial charge in [-0.25, -0.2) is 0 Å². The van der Waals surface area contributed by atoms with Crippen LogP contribution in [-0.2, 0) is 13.6 Å². The maximum absolute atomic E-state index is 12.1. The van der Waals surface area contributed by atoms with Crippen LogP contribution in [0.3, 0.4) is 0 Å².